The highest BCUT2D eigenvalue weighted by Gasteiger charge is 2.27. The molecule has 0 atom stereocenters. The molecule has 32 heavy (non-hydrogen) atoms. The number of nitrogens with one attached hydrogen (secondary N) is 1. The van der Waals surface area contributed by atoms with Crippen LogP contribution >= 0.6 is 11.6 Å². The van der Waals surface area contributed by atoms with Crippen molar-refractivity contribution < 1.29 is 4.74 Å². The summed E-state index contributed by atoms with van der Waals surface area (Å²) in [5.41, 5.74) is 4.23. The average molecular weight is 455 g/mol. The van der Waals surface area contributed by atoms with Crippen molar-refractivity contribution >= 4 is 34.1 Å². The summed E-state index contributed by atoms with van der Waals surface area (Å²) in [7, 11) is 1.76. The van der Waals surface area contributed by atoms with Gasteiger partial charge in [0.25, 0.3) is 0 Å². The number of fused-ring (bicyclic) bond motifs is 1. The predicted octanol–water partition coefficient (Wildman–Crippen LogP) is 5.08. The molecule has 8 heteroatoms. The highest BCUT2D eigenvalue weighted by Crippen LogP contribution is 2.37. The van der Waals surface area contributed by atoms with Crippen molar-refractivity contribution in [1.29, 1.82) is 0 Å². The van der Waals surface area contributed by atoms with Crippen LogP contribution in [0.25, 0.3) is 10.9 Å². The number of piperidine rings is 1. The number of likely N-dealkylation sites (tertiary alicyclic amines) is 1. The first-order valence-corrected chi connectivity index (χ1v) is 12.0. The Morgan fingerprint density at radius 2 is 1.97 bits per heavy atom. The van der Waals surface area contributed by atoms with Gasteiger partial charge < -0.3 is 15.0 Å². The van der Waals surface area contributed by atoms with Gasteiger partial charge in [0.1, 0.15) is 0 Å². The van der Waals surface area contributed by atoms with E-state index in [9.17, 15) is 0 Å². The summed E-state index contributed by atoms with van der Waals surface area (Å²) < 4.78 is 7.28. The number of nitrogens with zero attached hydrogens (tertiary/aromatic N) is 5. The summed E-state index contributed by atoms with van der Waals surface area (Å²) in [5, 5.41) is 9.66. The minimum atomic E-state index is 0.468. The molecule has 0 unspecified atom stereocenters. The molecule has 0 bridgehead atoms. The van der Waals surface area contributed by atoms with Crippen LogP contribution in [0.2, 0.25) is 5.02 Å². The Kier molecular flexibility index (Phi) is 6.31. The Bertz CT molecular complexity index is 1090. The number of anilines is 2. The van der Waals surface area contributed by atoms with Gasteiger partial charge in [0.05, 0.1) is 29.1 Å². The maximum atomic E-state index is 6.69. The van der Waals surface area contributed by atoms with Crippen LogP contribution in [0.15, 0.2) is 24.5 Å². The summed E-state index contributed by atoms with van der Waals surface area (Å²) >= 11 is 6.69. The lowest BCUT2D eigenvalue weighted by Crippen LogP contribution is -2.34. The molecule has 0 radical (unpaired) electrons. The van der Waals surface area contributed by atoms with Crippen LogP contribution < -0.4 is 5.32 Å². The van der Waals surface area contributed by atoms with Crippen molar-refractivity contribution in [3.05, 3.63) is 40.8 Å². The van der Waals surface area contributed by atoms with Gasteiger partial charge >= 0.3 is 0 Å². The predicted molar refractivity (Wildman–Crippen MR) is 128 cm³/mol. The molecule has 3 aromatic rings. The fourth-order valence-electron chi connectivity index (χ4n) is 4.69. The molecule has 170 valence electrons. The van der Waals surface area contributed by atoms with E-state index in [1.54, 1.807) is 7.11 Å². The number of aromatic nitrogens is 4. The molecular formula is C24H31ClN6O. The Morgan fingerprint density at radius 1 is 1.16 bits per heavy atom. The molecule has 2 aromatic heterocycles. The van der Waals surface area contributed by atoms with Gasteiger partial charge in [0.2, 0.25) is 5.95 Å². The molecule has 7 nitrogen and oxygen atoms in total. The molecule has 1 aromatic carbocycles. The molecule has 1 aliphatic carbocycles. The number of hydrogen-bond acceptors (Lipinski definition) is 6. The Morgan fingerprint density at radius 3 is 2.72 bits per heavy atom. The van der Waals surface area contributed by atoms with E-state index < -0.39 is 0 Å². The normalized spacial score (nSPS) is 17.8. The van der Waals surface area contributed by atoms with Crippen LogP contribution in [0.1, 0.15) is 55.3 Å². The van der Waals surface area contributed by atoms with Gasteiger partial charge in [-0.3, -0.25) is 4.68 Å². The quantitative estimate of drug-likeness (QED) is 0.478. The van der Waals surface area contributed by atoms with Gasteiger partial charge in [-0.05, 0) is 75.7 Å². The van der Waals surface area contributed by atoms with E-state index in [0.717, 1.165) is 72.8 Å². The second-order valence-electron chi connectivity index (χ2n) is 9.03. The number of methoxy groups -OCH3 is 1. The molecule has 5 rings (SSSR count). The fourth-order valence-corrected chi connectivity index (χ4v) is 5.02. The largest absolute Gasteiger partial charge is 0.385 e. The van der Waals surface area contributed by atoms with Crippen molar-refractivity contribution in [3.63, 3.8) is 0 Å². The van der Waals surface area contributed by atoms with Gasteiger partial charge in [0.15, 0.2) is 0 Å². The molecule has 3 heterocycles. The third-order valence-electron chi connectivity index (χ3n) is 6.73. The Labute approximate surface area is 194 Å². The number of halogens is 1. The second kappa shape index (κ2) is 9.33. The SMILES string of the molecule is COCCCN1CCC(c2cc3nc(Nc4cnn(C5CC5)c4C)ncc3cc2Cl)CC1. The van der Waals surface area contributed by atoms with E-state index in [1.165, 1.54) is 18.4 Å². The maximum Gasteiger partial charge on any atom is 0.227 e. The lowest BCUT2D eigenvalue weighted by Gasteiger charge is -2.32. The first kappa shape index (κ1) is 21.6. The molecule has 0 amide bonds. The summed E-state index contributed by atoms with van der Waals surface area (Å²) in [5.74, 6) is 1.06. The standard InChI is InChI=1S/C24H31ClN6O/c1-16-23(15-27-31(16)19-4-5-19)29-24-26-14-18-12-21(25)20(13-22(18)28-24)17-6-9-30(10-7-17)8-3-11-32-2/h12-15,17,19H,3-11H2,1-2H3,(H,26,28,29). The topological polar surface area (TPSA) is 68.1 Å². The Hall–Kier alpha value is -2.22. The zero-order valence-corrected chi connectivity index (χ0v) is 19.6. The first-order chi connectivity index (χ1) is 15.6. The third kappa shape index (κ3) is 4.60. The molecule has 1 N–H and O–H groups in total. The first-order valence-electron chi connectivity index (χ1n) is 11.6. The van der Waals surface area contributed by atoms with Crippen molar-refractivity contribution in [1.82, 2.24) is 24.6 Å². The van der Waals surface area contributed by atoms with Gasteiger partial charge in [-0.25, -0.2) is 9.97 Å². The number of hydrogen-bond donors (Lipinski definition) is 1. The van der Waals surface area contributed by atoms with Crippen LogP contribution in [-0.2, 0) is 4.74 Å². The van der Waals surface area contributed by atoms with Crippen LogP contribution in [0, 0.1) is 6.92 Å². The molecule has 1 saturated carbocycles. The van der Waals surface area contributed by atoms with E-state index in [1.807, 2.05) is 18.5 Å². The lowest BCUT2D eigenvalue weighted by molar-refractivity contribution is 0.157. The fraction of sp³-hybridized carbons (Fsp3) is 0.542. The van der Waals surface area contributed by atoms with Crippen molar-refractivity contribution in [2.45, 2.75) is 51.0 Å². The number of ether oxygens (including phenoxy) is 1. The molecule has 0 spiro atoms. The number of benzene rings is 1. The zero-order valence-electron chi connectivity index (χ0n) is 18.9. The smallest absolute Gasteiger partial charge is 0.227 e. The van der Waals surface area contributed by atoms with E-state index >= 15 is 0 Å². The third-order valence-corrected chi connectivity index (χ3v) is 7.06. The van der Waals surface area contributed by atoms with Crippen LogP contribution in [-0.4, -0.2) is 58.0 Å². The highest BCUT2D eigenvalue weighted by atomic mass is 35.5. The Balaban J connectivity index is 1.31. The van der Waals surface area contributed by atoms with Crippen molar-refractivity contribution in [3.8, 4) is 0 Å². The van der Waals surface area contributed by atoms with E-state index in [-0.39, 0.29) is 0 Å². The molecule has 2 aliphatic rings. The molecule has 1 saturated heterocycles. The average Bonchev–Trinajstić information content (AvgIpc) is 3.58. The maximum absolute atomic E-state index is 6.69. The van der Waals surface area contributed by atoms with Crippen LogP contribution in [0.5, 0.6) is 0 Å². The van der Waals surface area contributed by atoms with Crippen molar-refractivity contribution in [2.75, 3.05) is 38.7 Å². The van der Waals surface area contributed by atoms with Gasteiger partial charge in [0, 0.05) is 36.9 Å². The lowest BCUT2D eigenvalue weighted by atomic mass is 9.89. The molecular weight excluding hydrogens is 424 g/mol. The van der Waals surface area contributed by atoms with Crippen LogP contribution in [0.3, 0.4) is 0 Å². The van der Waals surface area contributed by atoms with E-state index in [2.05, 4.69) is 38.0 Å². The molecule has 1 aliphatic heterocycles. The highest BCUT2D eigenvalue weighted by molar-refractivity contribution is 6.32. The minimum absolute atomic E-state index is 0.468. The number of rotatable bonds is 8. The monoisotopic (exact) mass is 454 g/mol. The van der Waals surface area contributed by atoms with Gasteiger partial charge in [-0.1, -0.05) is 11.6 Å². The van der Waals surface area contributed by atoms with Crippen LogP contribution in [0.4, 0.5) is 11.6 Å². The van der Waals surface area contributed by atoms with Crippen molar-refractivity contribution in [2.24, 2.45) is 0 Å². The summed E-state index contributed by atoms with van der Waals surface area (Å²) in [6, 6.07) is 4.73. The van der Waals surface area contributed by atoms with E-state index in [0.29, 0.717) is 17.9 Å². The summed E-state index contributed by atoms with van der Waals surface area (Å²) in [6.45, 7) is 6.22. The minimum Gasteiger partial charge on any atom is -0.385 e. The van der Waals surface area contributed by atoms with Gasteiger partial charge in [-0.15, -0.1) is 0 Å². The summed E-state index contributed by atoms with van der Waals surface area (Å²) in [4.78, 5) is 11.8. The summed E-state index contributed by atoms with van der Waals surface area (Å²) in [6.07, 6.45) is 9.47. The van der Waals surface area contributed by atoms with E-state index in [4.69, 9.17) is 21.3 Å². The zero-order chi connectivity index (χ0) is 22.1. The van der Waals surface area contributed by atoms with Gasteiger partial charge in [-0.2, -0.15) is 5.10 Å². The second-order valence-corrected chi connectivity index (χ2v) is 9.44. The molecule has 2 fully saturated rings.